The molecule has 0 spiro atoms. The third-order valence-corrected chi connectivity index (χ3v) is 4.27. The van der Waals surface area contributed by atoms with Crippen LogP contribution in [0.5, 0.6) is 0 Å². The van der Waals surface area contributed by atoms with Crippen LogP contribution >= 0.6 is 0 Å². The molecule has 3 rings (SSSR count). The van der Waals surface area contributed by atoms with E-state index in [1.165, 1.54) is 18.4 Å². The van der Waals surface area contributed by atoms with Crippen molar-refractivity contribution in [3.63, 3.8) is 0 Å². The van der Waals surface area contributed by atoms with Crippen LogP contribution in [0.25, 0.3) is 0 Å². The van der Waals surface area contributed by atoms with Crippen molar-refractivity contribution in [3.8, 4) is 0 Å². The van der Waals surface area contributed by atoms with Crippen molar-refractivity contribution in [1.82, 2.24) is 25.1 Å². The van der Waals surface area contributed by atoms with E-state index in [9.17, 15) is 0 Å². The van der Waals surface area contributed by atoms with E-state index in [-0.39, 0.29) is 0 Å². The van der Waals surface area contributed by atoms with Crippen molar-refractivity contribution in [2.75, 3.05) is 13.1 Å². The number of hydrogen-bond donors (Lipinski definition) is 0. The highest BCUT2D eigenvalue weighted by atomic mass is 15.5. The van der Waals surface area contributed by atoms with Gasteiger partial charge in [-0.15, -0.1) is 5.10 Å². The Balaban J connectivity index is 1.55. The van der Waals surface area contributed by atoms with E-state index >= 15 is 0 Å². The molecule has 21 heavy (non-hydrogen) atoms. The molecule has 0 bridgehead atoms. The van der Waals surface area contributed by atoms with Gasteiger partial charge in [-0.25, -0.2) is 4.68 Å². The summed E-state index contributed by atoms with van der Waals surface area (Å²) in [6.07, 6.45) is 3.51. The molecular weight excluding hydrogens is 262 g/mol. The van der Waals surface area contributed by atoms with Crippen LogP contribution in [0.3, 0.4) is 0 Å². The third-order valence-electron chi connectivity index (χ3n) is 4.27. The average molecular weight is 285 g/mol. The van der Waals surface area contributed by atoms with Crippen LogP contribution in [0.4, 0.5) is 0 Å². The van der Waals surface area contributed by atoms with Gasteiger partial charge in [0.15, 0.2) is 5.82 Å². The van der Waals surface area contributed by atoms with Crippen LogP contribution in [0.1, 0.15) is 43.5 Å². The van der Waals surface area contributed by atoms with Crippen molar-refractivity contribution in [2.45, 2.75) is 45.2 Å². The maximum absolute atomic E-state index is 4.17. The summed E-state index contributed by atoms with van der Waals surface area (Å²) < 4.78 is 1.93. The van der Waals surface area contributed by atoms with E-state index in [4.69, 9.17) is 0 Å². The lowest BCUT2D eigenvalue weighted by Gasteiger charge is -2.31. The first kappa shape index (κ1) is 14.2. The molecule has 5 heteroatoms. The van der Waals surface area contributed by atoms with E-state index in [0.29, 0.717) is 5.92 Å². The summed E-state index contributed by atoms with van der Waals surface area (Å²) in [7, 11) is 0. The number of benzene rings is 1. The highest BCUT2D eigenvalue weighted by Crippen LogP contribution is 2.28. The van der Waals surface area contributed by atoms with Crippen molar-refractivity contribution in [1.29, 1.82) is 0 Å². The van der Waals surface area contributed by atoms with Gasteiger partial charge in [-0.2, -0.15) is 0 Å². The molecule has 1 saturated heterocycles. The molecule has 0 N–H and O–H groups in total. The Morgan fingerprint density at radius 1 is 1.14 bits per heavy atom. The second-order valence-electron chi connectivity index (χ2n) is 5.78. The van der Waals surface area contributed by atoms with Gasteiger partial charge in [-0.3, -0.25) is 4.90 Å². The molecular formula is C16H23N5. The number of rotatable bonds is 5. The van der Waals surface area contributed by atoms with E-state index < -0.39 is 0 Å². The third kappa shape index (κ3) is 3.47. The Bertz CT molecular complexity index is 543. The maximum Gasteiger partial charge on any atom is 0.165 e. The molecule has 0 aliphatic carbocycles. The SMILES string of the molecule is CCCn1nnnc1CN1CCC(c2ccccc2)CC1. The smallest absolute Gasteiger partial charge is 0.165 e. The Hall–Kier alpha value is -1.75. The van der Waals surface area contributed by atoms with E-state index in [1.54, 1.807) is 0 Å². The number of aryl methyl sites for hydroxylation is 1. The largest absolute Gasteiger partial charge is 0.296 e. The second-order valence-corrected chi connectivity index (χ2v) is 5.78. The van der Waals surface area contributed by atoms with Gasteiger partial charge < -0.3 is 0 Å². The van der Waals surface area contributed by atoms with E-state index in [1.807, 2.05) is 4.68 Å². The van der Waals surface area contributed by atoms with Gasteiger partial charge in [0.05, 0.1) is 6.54 Å². The first-order chi connectivity index (χ1) is 10.4. The molecule has 1 aromatic heterocycles. The minimum absolute atomic E-state index is 0.703. The van der Waals surface area contributed by atoms with Gasteiger partial charge in [-0.05, 0) is 54.3 Å². The molecule has 1 fully saturated rings. The molecule has 1 aliphatic heterocycles. The average Bonchev–Trinajstić information content (AvgIpc) is 2.96. The Kier molecular flexibility index (Phi) is 4.60. The molecule has 0 unspecified atom stereocenters. The molecule has 1 aromatic carbocycles. The first-order valence-electron chi connectivity index (χ1n) is 7.89. The first-order valence-corrected chi connectivity index (χ1v) is 7.89. The van der Waals surface area contributed by atoms with E-state index in [0.717, 1.165) is 38.4 Å². The summed E-state index contributed by atoms with van der Waals surface area (Å²) in [5.74, 6) is 1.70. The number of piperidine rings is 1. The van der Waals surface area contributed by atoms with Crippen LogP contribution < -0.4 is 0 Å². The zero-order valence-corrected chi connectivity index (χ0v) is 12.6. The molecule has 0 amide bonds. The number of aromatic nitrogens is 4. The summed E-state index contributed by atoms with van der Waals surface area (Å²) in [4.78, 5) is 2.47. The lowest BCUT2D eigenvalue weighted by molar-refractivity contribution is 0.197. The number of likely N-dealkylation sites (tertiary alicyclic amines) is 1. The monoisotopic (exact) mass is 285 g/mol. The summed E-state index contributed by atoms with van der Waals surface area (Å²) in [5, 5.41) is 12.0. The maximum atomic E-state index is 4.17. The van der Waals surface area contributed by atoms with Crippen molar-refractivity contribution < 1.29 is 0 Å². The molecule has 0 atom stereocenters. The fraction of sp³-hybridized carbons (Fsp3) is 0.562. The highest BCUT2D eigenvalue weighted by Gasteiger charge is 2.21. The normalized spacial score (nSPS) is 17.2. The molecule has 112 valence electrons. The molecule has 2 heterocycles. The Labute approximate surface area is 126 Å². The fourth-order valence-corrected chi connectivity index (χ4v) is 3.07. The minimum Gasteiger partial charge on any atom is -0.296 e. The van der Waals surface area contributed by atoms with Gasteiger partial charge >= 0.3 is 0 Å². The highest BCUT2D eigenvalue weighted by molar-refractivity contribution is 5.20. The number of tetrazole rings is 1. The van der Waals surface area contributed by atoms with Gasteiger partial charge in [0.1, 0.15) is 0 Å². The van der Waals surface area contributed by atoms with Crippen molar-refractivity contribution in [2.24, 2.45) is 0 Å². The zero-order chi connectivity index (χ0) is 14.5. The van der Waals surface area contributed by atoms with E-state index in [2.05, 4.69) is 57.7 Å². The van der Waals surface area contributed by atoms with Gasteiger partial charge in [0.25, 0.3) is 0 Å². The summed E-state index contributed by atoms with van der Waals surface area (Å²) in [6.45, 7) is 6.17. The van der Waals surface area contributed by atoms with Crippen LogP contribution in [0.2, 0.25) is 0 Å². The quantitative estimate of drug-likeness (QED) is 0.846. The van der Waals surface area contributed by atoms with Crippen LogP contribution in [0, 0.1) is 0 Å². The standard InChI is InChI=1S/C16H23N5/c1-2-10-21-16(17-18-19-21)13-20-11-8-15(9-12-20)14-6-4-3-5-7-14/h3-7,15H,2,8-13H2,1H3. The van der Waals surface area contributed by atoms with Crippen molar-refractivity contribution >= 4 is 0 Å². The predicted molar refractivity (Wildman–Crippen MR) is 81.8 cm³/mol. The summed E-state index contributed by atoms with van der Waals surface area (Å²) >= 11 is 0. The number of hydrogen-bond acceptors (Lipinski definition) is 4. The Morgan fingerprint density at radius 2 is 1.90 bits per heavy atom. The minimum atomic E-state index is 0.703. The molecule has 2 aromatic rings. The van der Waals surface area contributed by atoms with Crippen LogP contribution in [-0.4, -0.2) is 38.2 Å². The second kappa shape index (κ2) is 6.80. The van der Waals surface area contributed by atoms with Crippen LogP contribution in [-0.2, 0) is 13.1 Å². The number of nitrogens with zero attached hydrogens (tertiary/aromatic N) is 5. The lowest BCUT2D eigenvalue weighted by Crippen LogP contribution is -2.33. The lowest BCUT2D eigenvalue weighted by atomic mass is 9.89. The topological polar surface area (TPSA) is 46.8 Å². The fourth-order valence-electron chi connectivity index (χ4n) is 3.07. The molecule has 0 saturated carbocycles. The molecule has 1 aliphatic rings. The predicted octanol–water partition coefficient (Wildman–Crippen LogP) is 2.46. The van der Waals surface area contributed by atoms with Crippen molar-refractivity contribution in [3.05, 3.63) is 41.7 Å². The van der Waals surface area contributed by atoms with Gasteiger partial charge in [0.2, 0.25) is 0 Å². The zero-order valence-electron chi connectivity index (χ0n) is 12.6. The summed E-state index contributed by atoms with van der Waals surface area (Å²) in [6, 6.07) is 10.9. The van der Waals surface area contributed by atoms with Gasteiger partial charge in [-0.1, -0.05) is 37.3 Å². The Morgan fingerprint density at radius 3 is 2.62 bits per heavy atom. The molecule has 0 radical (unpaired) electrons. The van der Waals surface area contributed by atoms with Gasteiger partial charge in [0, 0.05) is 6.54 Å². The molecule has 5 nitrogen and oxygen atoms in total. The van der Waals surface area contributed by atoms with Crippen LogP contribution in [0.15, 0.2) is 30.3 Å². The summed E-state index contributed by atoms with van der Waals surface area (Å²) in [5.41, 5.74) is 1.48.